The van der Waals surface area contributed by atoms with Crippen LogP contribution in [-0.2, 0) is 0 Å². The van der Waals surface area contributed by atoms with Gasteiger partial charge in [-0.15, -0.1) is 16.4 Å². The van der Waals surface area contributed by atoms with Gasteiger partial charge < -0.3 is 16.4 Å². The number of nitrogens with zero attached hydrogens (tertiary/aromatic N) is 4. The van der Waals surface area contributed by atoms with Crippen molar-refractivity contribution in [3.05, 3.63) is 40.4 Å². The molecule has 33 heavy (non-hydrogen) atoms. The van der Waals surface area contributed by atoms with Crippen LogP contribution in [0.15, 0.2) is 34.5 Å². The van der Waals surface area contributed by atoms with Crippen LogP contribution in [0.25, 0.3) is 10.6 Å². The number of aromatic nitrogens is 1. The number of nitrogens with two attached hydrogens (primary N) is 2. The first-order chi connectivity index (χ1) is 16.0. The SMILES string of the molecule is C/C(=N\N=C(N)N)c1sc(-c2ccc(C#CCCN3CCC4CCCCC4C3)cc2)nc1C. The summed E-state index contributed by atoms with van der Waals surface area (Å²) in [5, 5.41) is 8.77. The monoisotopic (exact) mass is 462 g/mol. The molecule has 2 aliphatic rings. The van der Waals surface area contributed by atoms with Crippen molar-refractivity contribution >= 4 is 23.0 Å². The predicted molar refractivity (Wildman–Crippen MR) is 138 cm³/mol. The Kier molecular flexibility index (Phi) is 7.79. The van der Waals surface area contributed by atoms with Crippen molar-refractivity contribution in [2.75, 3.05) is 19.6 Å². The summed E-state index contributed by atoms with van der Waals surface area (Å²) < 4.78 is 0. The van der Waals surface area contributed by atoms with E-state index in [2.05, 4.69) is 51.2 Å². The molecule has 1 aliphatic heterocycles. The highest BCUT2D eigenvalue weighted by Crippen LogP contribution is 2.36. The van der Waals surface area contributed by atoms with Gasteiger partial charge in [-0.2, -0.15) is 5.10 Å². The fourth-order valence-electron chi connectivity index (χ4n) is 4.99. The summed E-state index contributed by atoms with van der Waals surface area (Å²) in [6, 6.07) is 8.32. The number of benzene rings is 1. The number of guanidine groups is 1. The number of hydrogen-bond donors (Lipinski definition) is 2. The van der Waals surface area contributed by atoms with Crippen molar-refractivity contribution in [1.29, 1.82) is 0 Å². The second-order valence-corrected chi connectivity index (χ2v) is 10.2. The number of thiazole rings is 1. The van der Waals surface area contributed by atoms with Gasteiger partial charge in [0.1, 0.15) is 5.01 Å². The van der Waals surface area contributed by atoms with E-state index in [0.717, 1.165) is 57.2 Å². The third-order valence-corrected chi connectivity index (χ3v) is 8.05. The first-order valence-corrected chi connectivity index (χ1v) is 12.7. The molecule has 0 bridgehead atoms. The van der Waals surface area contributed by atoms with Crippen LogP contribution in [-0.4, -0.2) is 41.2 Å². The van der Waals surface area contributed by atoms with Crippen molar-refractivity contribution in [1.82, 2.24) is 9.88 Å². The number of hydrogen-bond acceptors (Lipinski definition) is 5. The lowest BCUT2D eigenvalue weighted by Gasteiger charge is -2.41. The maximum Gasteiger partial charge on any atom is 0.211 e. The fourth-order valence-corrected chi connectivity index (χ4v) is 6.00. The highest BCUT2D eigenvalue weighted by Gasteiger charge is 2.30. The zero-order valence-electron chi connectivity index (χ0n) is 19.7. The van der Waals surface area contributed by atoms with Crippen LogP contribution < -0.4 is 11.5 Å². The molecule has 2 unspecified atom stereocenters. The average Bonchev–Trinajstić information content (AvgIpc) is 3.22. The molecule has 6 nitrogen and oxygen atoms in total. The molecule has 2 atom stereocenters. The first kappa shape index (κ1) is 23.5. The maximum absolute atomic E-state index is 5.37. The molecule has 1 saturated carbocycles. The summed E-state index contributed by atoms with van der Waals surface area (Å²) in [6.07, 6.45) is 8.09. The zero-order chi connectivity index (χ0) is 23.2. The van der Waals surface area contributed by atoms with E-state index in [0.29, 0.717) is 0 Å². The third-order valence-electron chi connectivity index (χ3n) is 6.73. The molecule has 7 heteroatoms. The van der Waals surface area contributed by atoms with Crippen LogP contribution in [0.3, 0.4) is 0 Å². The van der Waals surface area contributed by atoms with Crippen LogP contribution in [0.2, 0.25) is 0 Å². The van der Waals surface area contributed by atoms with Gasteiger partial charge in [0.05, 0.1) is 16.3 Å². The summed E-state index contributed by atoms with van der Waals surface area (Å²) >= 11 is 1.59. The summed E-state index contributed by atoms with van der Waals surface area (Å²) in [5.74, 6) is 8.58. The third kappa shape index (κ3) is 6.21. The van der Waals surface area contributed by atoms with Crippen molar-refractivity contribution in [3.8, 4) is 22.4 Å². The van der Waals surface area contributed by atoms with Crippen LogP contribution in [0.4, 0.5) is 0 Å². The van der Waals surface area contributed by atoms with Gasteiger partial charge in [-0.1, -0.05) is 43.2 Å². The second-order valence-electron chi connectivity index (χ2n) is 9.17. The molecule has 2 heterocycles. The van der Waals surface area contributed by atoms with E-state index < -0.39 is 0 Å². The van der Waals surface area contributed by atoms with Gasteiger partial charge in [0.2, 0.25) is 5.96 Å². The van der Waals surface area contributed by atoms with Crippen LogP contribution in [0.5, 0.6) is 0 Å². The molecular formula is C26H34N6S. The molecule has 1 aromatic carbocycles. The summed E-state index contributed by atoms with van der Waals surface area (Å²) in [4.78, 5) is 8.31. The standard InChI is InChI=1S/C26H34N6S/c1-18-24(19(2)30-31-26(27)28)33-25(29-18)22-12-10-20(11-13-22)7-5-6-15-32-16-14-21-8-3-4-9-23(21)17-32/h10-13,21,23H,3-4,6,8-9,14-17H2,1-2H3,(H4,27,28,31)/b30-19+. The number of fused-ring (bicyclic) bond motifs is 1. The van der Waals surface area contributed by atoms with Gasteiger partial charge in [0.15, 0.2) is 0 Å². The average molecular weight is 463 g/mol. The fraction of sp³-hybridized carbons (Fsp3) is 0.500. The van der Waals surface area contributed by atoms with Crippen molar-refractivity contribution in [3.63, 3.8) is 0 Å². The van der Waals surface area contributed by atoms with Gasteiger partial charge in [0, 0.05) is 30.6 Å². The number of likely N-dealkylation sites (tertiary alicyclic amines) is 1. The minimum absolute atomic E-state index is 0.0535. The lowest BCUT2D eigenvalue weighted by molar-refractivity contribution is 0.0886. The van der Waals surface area contributed by atoms with Gasteiger partial charge in [0.25, 0.3) is 0 Å². The topological polar surface area (TPSA) is 92.9 Å². The lowest BCUT2D eigenvalue weighted by Crippen LogP contribution is -2.42. The lowest BCUT2D eigenvalue weighted by atomic mass is 9.75. The van der Waals surface area contributed by atoms with Gasteiger partial charge in [-0.25, -0.2) is 4.98 Å². The number of aryl methyl sites for hydroxylation is 1. The number of piperidine rings is 1. The molecule has 0 amide bonds. The van der Waals surface area contributed by atoms with Crippen LogP contribution >= 0.6 is 11.3 Å². The quantitative estimate of drug-likeness (QED) is 0.299. The number of rotatable bonds is 5. The summed E-state index contributed by atoms with van der Waals surface area (Å²) in [7, 11) is 0. The van der Waals surface area contributed by atoms with Crippen molar-refractivity contribution in [2.24, 2.45) is 33.5 Å². The largest absolute Gasteiger partial charge is 0.369 e. The van der Waals surface area contributed by atoms with Crippen LogP contribution in [0, 0.1) is 30.6 Å². The highest BCUT2D eigenvalue weighted by molar-refractivity contribution is 7.17. The van der Waals surface area contributed by atoms with Gasteiger partial charge in [-0.3, -0.25) is 0 Å². The zero-order valence-corrected chi connectivity index (χ0v) is 20.5. The van der Waals surface area contributed by atoms with E-state index in [1.807, 2.05) is 13.8 Å². The molecule has 2 aromatic rings. The Hall–Kier alpha value is -2.69. The summed E-state index contributed by atoms with van der Waals surface area (Å²) in [5.41, 5.74) is 14.5. The van der Waals surface area contributed by atoms with E-state index in [1.54, 1.807) is 11.3 Å². The molecule has 0 radical (unpaired) electrons. The predicted octanol–water partition coefficient (Wildman–Crippen LogP) is 4.37. The minimum Gasteiger partial charge on any atom is -0.369 e. The van der Waals surface area contributed by atoms with E-state index in [1.165, 1.54) is 45.2 Å². The molecule has 1 saturated heterocycles. The minimum atomic E-state index is -0.0535. The Morgan fingerprint density at radius 1 is 1.12 bits per heavy atom. The molecule has 1 aliphatic carbocycles. The van der Waals surface area contributed by atoms with Crippen LogP contribution in [0.1, 0.15) is 61.6 Å². The molecule has 1 aromatic heterocycles. The maximum atomic E-state index is 5.37. The van der Waals surface area contributed by atoms with E-state index in [9.17, 15) is 0 Å². The van der Waals surface area contributed by atoms with E-state index >= 15 is 0 Å². The molecule has 0 spiro atoms. The first-order valence-electron chi connectivity index (χ1n) is 11.9. The Labute approximate surface area is 201 Å². The molecule has 174 valence electrons. The molecule has 4 rings (SSSR count). The van der Waals surface area contributed by atoms with Crippen molar-refractivity contribution in [2.45, 2.75) is 52.4 Å². The van der Waals surface area contributed by atoms with Crippen molar-refractivity contribution < 1.29 is 0 Å². The second kappa shape index (κ2) is 11.0. The smallest absolute Gasteiger partial charge is 0.211 e. The molecular weight excluding hydrogens is 428 g/mol. The van der Waals surface area contributed by atoms with E-state index in [-0.39, 0.29) is 5.96 Å². The normalized spacial score (nSPS) is 21.1. The highest BCUT2D eigenvalue weighted by atomic mass is 32.1. The molecule has 2 fully saturated rings. The summed E-state index contributed by atoms with van der Waals surface area (Å²) in [6.45, 7) is 7.48. The molecule has 4 N–H and O–H groups in total. The van der Waals surface area contributed by atoms with Gasteiger partial charge >= 0.3 is 0 Å². The van der Waals surface area contributed by atoms with Gasteiger partial charge in [-0.05, 0) is 57.2 Å². The van der Waals surface area contributed by atoms with E-state index in [4.69, 9.17) is 16.5 Å². The Morgan fingerprint density at radius 2 is 1.88 bits per heavy atom. The Bertz CT molecular complexity index is 1070. The Morgan fingerprint density at radius 3 is 2.64 bits per heavy atom. The Balaban J connectivity index is 1.32.